The van der Waals surface area contributed by atoms with Crippen molar-refractivity contribution in [3.63, 3.8) is 0 Å². The maximum absolute atomic E-state index is 11.7. The maximum atomic E-state index is 11.7. The summed E-state index contributed by atoms with van der Waals surface area (Å²) in [6.07, 6.45) is 0.382. The molecule has 5 heteroatoms. The second kappa shape index (κ2) is 6.51. The van der Waals surface area contributed by atoms with Crippen molar-refractivity contribution in [3.05, 3.63) is 35.4 Å². The molecule has 0 amide bonds. The van der Waals surface area contributed by atoms with Gasteiger partial charge in [0, 0.05) is 12.8 Å². The molecule has 0 heterocycles. The summed E-state index contributed by atoms with van der Waals surface area (Å²) in [6.45, 7) is 5.23. The number of ether oxygens (including phenoxy) is 1. The van der Waals surface area contributed by atoms with Gasteiger partial charge in [0.15, 0.2) is 5.60 Å². The predicted octanol–water partition coefficient (Wildman–Crippen LogP) is 2.33. The Morgan fingerprint density at radius 3 is 2.29 bits per heavy atom. The molecule has 0 radical (unpaired) electrons. The van der Waals surface area contributed by atoms with Gasteiger partial charge in [-0.2, -0.15) is 5.26 Å². The minimum atomic E-state index is -1.60. The van der Waals surface area contributed by atoms with Gasteiger partial charge in [-0.1, -0.05) is 12.1 Å². The zero-order valence-electron chi connectivity index (χ0n) is 12.4. The summed E-state index contributed by atoms with van der Waals surface area (Å²) in [5.41, 5.74) is -1.11. The molecule has 0 aliphatic heterocycles. The van der Waals surface area contributed by atoms with Crippen LogP contribution in [0.2, 0.25) is 0 Å². The molecule has 1 atom stereocenters. The van der Waals surface area contributed by atoms with Gasteiger partial charge in [0.05, 0.1) is 17.2 Å². The molecule has 1 aromatic rings. The number of rotatable bonds is 6. The summed E-state index contributed by atoms with van der Waals surface area (Å²) in [5.74, 6) is -1.17. The molecule has 0 saturated carbocycles. The fourth-order valence-corrected chi connectivity index (χ4v) is 2.10. The first-order valence-electron chi connectivity index (χ1n) is 6.59. The van der Waals surface area contributed by atoms with E-state index in [1.165, 1.54) is 0 Å². The number of aliphatic carboxylic acids is 1. The predicted molar refractivity (Wildman–Crippen MR) is 76.7 cm³/mol. The van der Waals surface area contributed by atoms with Crippen molar-refractivity contribution in [1.82, 2.24) is 0 Å². The van der Waals surface area contributed by atoms with Crippen molar-refractivity contribution in [2.24, 2.45) is 0 Å². The van der Waals surface area contributed by atoms with Crippen LogP contribution in [-0.4, -0.2) is 28.6 Å². The van der Waals surface area contributed by atoms with Crippen LogP contribution in [0.15, 0.2) is 24.3 Å². The second-order valence-corrected chi connectivity index (χ2v) is 5.87. The Hall–Kier alpha value is -2.19. The van der Waals surface area contributed by atoms with Crippen molar-refractivity contribution < 1.29 is 19.4 Å². The fourth-order valence-electron chi connectivity index (χ4n) is 2.10. The third-order valence-corrected chi connectivity index (χ3v) is 2.88. The lowest BCUT2D eigenvalue weighted by atomic mass is 9.90. The molecule has 5 nitrogen and oxygen atoms in total. The van der Waals surface area contributed by atoms with Crippen LogP contribution in [0, 0.1) is 11.3 Å². The molecule has 1 N–H and O–H groups in total. The van der Waals surface area contributed by atoms with Gasteiger partial charge in [-0.15, -0.1) is 0 Å². The molecule has 0 aromatic heterocycles. The van der Waals surface area contributed by atoms with Crippen molar-refractivity contribution in [2.75, 3.05) is 0 Å². The van der Waals surface area contributed by atoms with E-state index < -0.39 is 17.2 Å². The van der Waals surface area contributed by atoms with Gasteiger partial charge in [-0.25, -0.2) is 4.79 Å². The zero-order chi connectivity index (χ0) is 16.1. The average Bonchev–Trinajstić information content (AvgIpc) is 2.37. The van der Waals surface area contributed by atoms with Crippen LogP contribution in [0.4, 0.5) is 0 Å². The summed E-state index contributed by atoms with van der Waals surface area (Å²) in [5, 5.41) is 18.3. The molecule has 1 rings (SSSR count). The van der Waals surface area contributed by atoms with Gasteiger partial charge < -0.3 is 14.6 Å². The highest BCUT2D eigenvalue weighted by molar-refractivity contribution is 5.81. The van der Waals surface area contributed by atoms with Gasteiger partial charge >= 0.3 is 5.97 Å². The molecule has 0 aliphatic carbocycles. The van der Waals surface area contributed by atoms with E-state index in [9.17, 15) is 14.7 Å². The van der Waals surface area contributed by atoms with Crippen LogP contribution in [-0.2, 0) is 20.7 Å². The van der Waals surface area contributed by atoms with Crippen LogP contribution in [0.25, 0.3) is 0 Å². The van der Waals surface area contributed by atoms with E-state index >= 15 is 0 Å². The number of carbonyl (C=O) groups is 2. The molecule has 0 fully saturated rings. The summed E-state index contributed by atoms with van der Waals surface area (Å²) in [4.78, 5) is 22.6. The SMILES string of the molecule is CC(C)(C)OC(CC=O)(Cc1ccc(C#N)cc1)C(=O)O. The van der Waals surface area contributed by atoms with Crippen LogP contribution >= 0.6 is 0 Å². The summed E-state index contributed by atoms with van der Waals surface area (Å²) < 4.78 is 5.69. The van der Waals surface area contributed by atoms with Crippen LogP contribution in [0.1, 0.15) is 38.3 Å². The van der Waals surface area contributed by atoms with Crippen LogP contribution in [0.5, 0.6) is 0 Å². The van der Waals surface area contributed by atoms with Crippen molar-refractivity contribution in [2.45, 2.75) is 44.8 Å². The Morgan fingerprint density at radius 1 is 1.33 bits per heavy atom. The van der Waals surface area contributed by atoms with E-state index in [2.05, 4.69) is 0 Å². The largest absolute Gasteiger partial charge is 0.479 e. The average molecular weight is 289 g/mol. The highest BCUT2D eigenvalue weighted by Gasteiger charge is 2.42. The molecular formula is C16H19NO4. The first-order chi connectivity index (χ1) is 9.72. The second-order valence-electron chi connectivity index (χ2n) is 5.87. The van der Waals surface area contributed by atoms with E-state index in [1.54, 1.807) is 45.0 Å². The monoisotopic (exact) mass is 289 g/mol. The lowest BCUT2D eigenvalue weighted by molar-refractivity contribution is -0.186. The zero-order valence-corrected chi connectivity index (χ0v) is 12.4. The minimum absolute atomic E-state index is 0.0596. The molecule has 0 bridgehead atoms. The van der Waals surface area contributed by atoms with E-state index in [0.717, 1.165) is 0 Å². The molecule has 0 saturated heterocycles. The Kier molecular flexibility index (Phi) is 5.23. The number of carboxylic acid groups (broad SMARTS) is 1. The number of benzene rings is 1. The van der Waals surface area contributed by atoms with Gasteiger partial charge in [0.1, 0.15) is 6.29 Å². The standard InChI is InChI=1S/C16H19NO4/c1-15(2,3)21-16(8-9-18,14(19)20)10-12-4-6-13(11-17)7-5-12/h4-7,9H,8,10H2,1-3H3,(H,19,20). The minimum Gasteiger partial charge on any atom is -0.479 e. The summed E-state index contributed by atoms with van der Waals surface area (Å²) in [7, 11) is 0. The number of aldehydes is 1. The van der Waals surface area contributed by atoms with Gasteiger partial charge in [-0.3, -0.25) is 0 Å². The first kappa shape index (κ1) is 16.9. The third-order valence-electron chi connectivity index (χ3n) is 2.88. The molecule has 112 valence electrons. The number of carbonyl (C=O) groups excluding carboxylic acids is 1. The van der Waals surface area contributed by atoms with Crippen LogP contribution in [0.3, 0.4) is 0 Å². The smallest absolute Gasteiger partial charge is 0.336 e. The van der Waals surface area contributed by atoms with E-state index in [1.807, 2.05) is 6.07 Å². The quantitative estimate of drug-likeness (QED) is 0.812. The van der Waals surface area contributed by atoms with Crippen molar-refractivity contribution >= 4 is 12.3 Å². The van der Waals surface area contributed by atoms with Crippen molar-refractivity contribution in [3.8, 4) is 6.07 Å². The Labute approximate surface area is 124 Å². The molecule has 1 aromatic carbocycles. The summed E-state index contributed by atoms with van der Waals surface area (Å²) >= 11 is 0. The molecular weight excluding hydrogens is 270 g/mol. The van der Waals surface area contributed by atoms with Gasteiger partial charge in [-0.05, 0) is 38.5 Å². The van der Waals surface area contributed by atoms with E-state index in [-0.39, 0.29) is 12.8 Å². The van der Waals surface area contributed by atoms with E-state index in [4.69, 9.17) is 10.00 Å². The Morgan fingerprint density at radius 2 is 1.90 bits per heavy atom. The van der Waals surface area contributed by atoms with Gasteiger partial charge in [0.25, 0.3) is 0 Å². The third kappa shape index (κ3) is 4.69. The topological polar surface area (TPSA) is 87.4 Å². The number of nitriles is 1. The lowest BCUT2D eigenvalue weighted by Gasteiger charge is -2.35. The van der Waals surface area contributed by atoms with Crippen molar-refractivity contribution in [1.29, 1.82) is 5.26 Å². The van der Waals surface area contributed by atoms with Gasteiger partial charge in [0.2, 0.25) is 0 Å². The molecule has 21 heavy (non-hydrogen) atoms. The highest BCUT2D eigenvalue weighted by atomic mass is 16.5. The number of hydrogen-bond donors (Lipinski definition) is 1. The molecule has 1 unspecified atom stereocenters. The van der Waals surface area contributed by atoms with Crippen LogP contribution < -0.4 is 0 Å². The fraction of sp³-hybridized carbons (Fsp3) is 0.438. The Bertz CT molecular complexity index is 551. The first-order valence-corrected chi connectivity index (χ1v) is 6.59. The number of carboxylic acids is 1. The lowest BCUT2D eigenvalue weighted by Crippen LogP contribution is -2.49. The number of hydrogen-bond acceptors (Lipinski definition) is 4. The maximum Gasteiger partial charge on any atom is 0.336 e. The Balaban J connectivity index is 3.13. The highest BCUT2D eigenvalue weighted by Crippen LogP contribution is 2.28. The summed E-state index contributed by atoms with van der Waals surface area (Å²) in [6, 6.07) is 8.57. The normalized spacial score (nSPS) is 14.0. The van der Waals surface area contributed by atoms with E-state index in [0.29, 0.717) is 17.4 Å². The number of nitrogens with zero attached hydrogens (tertiary/aromatic N) is 1. The molecule has 0 spiro atoms. The molecule has 0 aliphatic rings.